The van der Waals surface area contributed by atoms with Crippen molar-refractivity contribution in [1.82, 2.24) is 0 Å². The van der Waals surface area contributed by atoms with E-state index in [1.165, 1.54) is 0 Å². The van der Waals surface area contributed by atoms with Crippen LogP contribution < -0.4 is 0 Å². The molecule has 0 amide bonds. The molecular formula is C9H15IO7. The van der Waals surface area contributed by atoms with Crippen LogP contribution in [0.15, 0.2) is 0 Å². The molecule has 3 N–H and O–H groups in total. The zero-order valence-corrected chi connectivity index (χ0v) is 11.2. The third-order valence-corrected chi connectivity index (χ3v) is 2.29. The molecule has 0 aliphatic carbocycles. The van der Waals surface area contributed by atoms with E-state index in [1.807, 2.05) is 0 Å². The molecule has 0 heterocycles. The Balaban J connectivity index is 3.58. The number of carbonyl (C=O) groups is 2. The number of rotatable bonds is 9. The molecule has 0 radical (unpaired) electrons. The fourth-order valence-electron chi connectivity index (χ4n) is 0.873. The zero-order chi connectivity index (χ0) is 13.3. The van der Waals surface area contributed by atoms with Crippen molar-refractivity contribution in [3.8, 4) is 0 Å². The summed E-state index contributed by atoms with van der Waals surface area (Å²) < 4.78 is 8.88. The molecule has 0 saturated heterocycles. The second-order valence-electron chi connectivity index (χ2n) is 3.11. The highest BCUT2D eigenvalue weighted by molar-refractivity contribution is 14.1. The second kappa shape index (κ2) is 9.57. The molecule has 8 heteroatoms. The summed E-state index contributed by atoms with van der Waals surface area (Å²) in [6.07, 6.45) is -1.23. The van der Waals surface area contributed by atoms with Gasteiger partial charge in [-0.15, -0.1) is 0 Å². The third-order valence-electron chi connectivity index (χ3n) is 1.61. The maximum Gasteiger partial charge on any atom is 0.305 e. The Morgan fingerprint density at radius 1 is 1.29 bits per heavy atom. The molecule has 0 aliphatic heterocycles. The first-order valence-corrected chi connectivity index (χ1v) is 6.16. The van der Waals surface area contributed by atoms with E-state index in [2.05, 4.69) is 4.74 Å². The maximum atomic E-state index is 11.1. The molecule has 17 heavy (non-hydrogen) atoms. The van der Waals surface area contributed by atoms with Gasteiger partial charge in [0.2, 0.25) is 0 Å². The number of carboxylic acid groups (broad SMARTS) is 1. The van der Waals surface area contributed by atoms with Gasteiger partial charge in [-0.3, -0.25) is 9.59 Å². The van der Waals surface area contributed by atoms with Crippen LogP contribution in [0.2, 0.25) is 0 Å². The molecule has 7 nitrogen and oxygen atoms in total. The average Bonchev–Trinajstić information content (AvgIpc) is 2.25. The van der Waals surface area contributed by atoms with Crippen molar-refractivity contribution in [2.24, 2.45) is 0 Å². The van der Waals surface area contributed by atoms with Crippen molar-refractivity contribution in [1.29, 1.82) is 0 Å². The predicted molar refractivity (Wildman–Crippen MR) is 64.4 cm³/mol. The van der Waals surface area contributed by atoms with E-state index >= 15 is 0 Å². The molecule has 0 saturated carbocycles. The monoisotopic (exact) mass is 362 g/mol. The van der Waals surface area contributed by atoms with Gasteiger partial charge in [0.05, 0.1) is 6.61 Å². The highest BCUT2D eigenvalue weighted by atomic mass is 127. The van der Waals surface area contributed by atoms with Crippen LogP contribution in [0, 0.1) is 0 Å². The third kappa shape index (κ3) is 10.4. The van der Waals surface area contributed by atoms with Crippen molar-refractivity contribution in [3.05, 3.63) is 0 Å². The van der Waals surface area contributed by atoms with Gasteiger partial charge in [0.25, 0.3) is 0 Å². The summed E-state index contributed by atoms with van der Waals surface area (Å²) in [5.74, 6) is -1.57. The first kappa shape index (κ1) is 16.6. The lowest BCUT2D eigenvalue weighted by atomic mass is 10.2. The summed E-state index contributed by atoms with van der Waals surface area (Å²) in [7, 11) is 0. The Hall–Kier alpha value is -0.450. The van der Waals surface area contributed by atoms with E-state index in [1.54, 1.807) is 22.6 Å². The molecule has 0 fully saturated rings. The topological polar surface area (TPSA) is 113 Å². The normalized spacial score (nSPS) is 14.1. The van der Waals surface area contributed by atoms with Crippen LogP contribution in [0.5, 0.6) is 0 Å². The molecule has 100 valence electrons. The highest BCUT2D eigenvalue weighted by Gasteiger charge is 2.13. The second-order valence-corrected chi connectivity index (χ2v) is 4.50. The zero-order valence-electron chi connectivity index (χ0n) is 9.04. The Kier molecular flexibility index (Phi) is 9.31. The Morgan fingerprint density at radius 2 is 1.94 bits per heavy atom. The lowest BCUT2D eigenvalue weighted by Gasteiger charge is -2.15. The minimum atomic E-state index is -1.30. The number of alkyl halides is 1. The van der Waals surface area contributed by atoms with Gasteiger partial charge < -0.3 is 24.8 Å². The average molecular weight is 362 g/mol. The SMILES string of the molecule is O=C(O)CCCC(=O)OCC(O)OC(I)CO. The van der Waals surface area contributed by atoms with Crippen LogP contribution in [0.4, 0.5) is 0 Å². The first-order valence-electron chi connectivity index (χ1n) is 4.91. The fourth-order valence-corrected chi connectivity index (χ4v) is 1.21. The van der Waals surface area contributed by atoms with E-state index in [9.17, 15) is 14.7 Å². The van der Waals surface area contributed by atoms with Crippen LogP contribution in [-0.2, 0) is 19.1 Å². The minimum Gasteiger partial charge on any atom is -0.481 e. The molecule has 0 bridgehead atoms. The highest BCUT2D eigenvalue weighted by Crippen LogP contribution is 2.05. The number of aliphatic hydroxyl groups is 2. The van der Waals surface area contributed by atoms with Crippen molar-refractivity contribution in [3.63, 3.8) is 0 Å². The summed E-state index contributed by atoms with van der Waals surface area (Å²) in [4.78, 5) is 21.2. The van der Waals surface area contributed by atoms with Gasteiger partial charge in [0.1, 0.15) is 10.7 Å². The largest absolute Gasteiger partial charge is 0.481 e. The Bertz CT molecular complexity index is 245. The number of carboxylic acids is 1. The molecular weight excluding hydrogens is 347 g/mol. The lowest BCUT2D eigenvalue weighted by molar-refractivity contribution is -0.169. The van der Waals surface area contributed by atoms with Crippen LogP contribution >= 0.6 is 22.6 Å². The number of carbonyl (C=O) groups excluding carboxylic acids is 1. The van der Waals surface area contributed by atoms with Gasteiger partial charge >= 0.3 is 11.9 Å². The summed E-state index contributed by atoms with van der Waals surface area (Å²) >= 11 is 1.77. The van der Waals surface area contributed by atoms with Gasteiger partial charge in [-0.25, -0.2) is 0 Å². The van der Waals surface area contributed by atoms with Crippen LogP contribution in [0.25, 0.3) is 0 Å². The smallest absolute Gasteiger partial charge is 0.305 e. The van der Waals surface area contributed by atoms with Crippen LogP contribution in [-0.4, -0.2) is 50.9 Å². The van der Waals surface area contributed by atoms with Gasteiger partial charge in [0.15, 0.2) is 6.29 Å². The molecule has 0 rings (SSSR count). The summed E-state index contributed by atoms with van der Waals surface area (Å²) in [5, 5.41) is 26.2. The Labute approximate surface area is 112 Å². The molecule has 0 spiro atoms. The van der Waals surface area contributed by atoms with Gasteiger partial charge in [-0.1, -0.05) is 0 Å². The van der Waals surface area contributed by atoms with Gasteiger partial charge in [-0.05, 0) is 29.0 Å². The van der Waals surface area contributed by atoms with Crippen LogP contribution in [0.3, 0.4) is 0 Å². The summed E-state index contributed by atoms with van der Waals surface area (Å²) in [6, 6.07) is 0. The minimum absolute atomic E-state index is 0.0211. The maximum absolute atomic E-state index is 11.1. The fraction of sp³-hybridized carbons (Fsp3) is 0.778. The number of hydrogen-bond donors (Lipinski definition) is 3. The number of esters is 1. The van der Waals surface area contributed by atoms with Crippen LogP contribution in [0.1, 0.15) is 19.3 Å². The standard InChI is InChI=1S/C9H15IO7/c10-6(4-11)17-9(15)5-16-8(14)3-1-2-7(12)13/h6,9,11,15H,1-5H2,(H,12,13). The molecule has 2 unspecified atom stereocenters. The first-order chi connectivity index (χ1) is 7.95. The quantitative estimate of drug-likeness (QED) is 0.227. The van der Waals surface area contributed by atoms with Gasteiger partial charge in [-0.2, -0.15) is 0 Å². The molecule has 2 atom stereocenters. The molecule has 0 aromatic carbocycles. The van der Waals surface area contributed by atoms with E-state index in [0.717, 1.165) is 0 Å². The van der Waals surface area contributed by atoms with Crippen molar-refractivity contribution in [2.45, 2.75) is 29.7 Å². The number of aliphatic carboxylic acids is 1. The van der Waals surface area contributed by atoms with E-state index in [0.29, 0.717) is 0 Å². The predicted octanol–water partition coefficient (Wildman–Crippen LogP) is -0.127. The van der Waals surface area contributed by atoms with E-state index < -0.39 is 22.3 Å². The number of halogens is 1. The number of aliphatic hydroxyl groups excluding tert-OH is 2. The summed E-state index contributed by atoms with van der Waals surface area (Å²) in [6.45, 7) is -0.602. The van der Waals surface area contributed by atoms with E-state index in [-0.39, 0.29) is 32.5 Å². The van der Waals surface area contributed by atoms with Crippen molar-refractivity contribution >= 4 is 34.5 Å². The molecule has 0 aliphatic rings. The van der Waals surface area contributed by atoms with Gasteiger partial charge in [0, 0.05) is 12.8 Å². The number of ether oxygens (including phenoxy) is 2. The molecule has 0 aromatic heterocycles. The van der Waals surface area contributed by atoms with Crippen molar-refractivity contribution < 1.29 is 34.4 Å². The van der Waals surface area contributed by atoms with Crippen molar-refractivity contribution in [2.75, 3.05) is 13.2 Å². The number of hydrogen-bond acceptors (Lipinski definition) is 6. The van der Waals surface area contributed by atoms with E-state index in [4.69, 9.17) is 14.9 Å². The lowest BCUT2D eigenvalue weighted by Crippen LogP contribution is -2.26. The Morgan fingerprint density at radius 3 is 2.47 bits per heavy atom. The summed E-state index contributed by atoms with van der Waals surface area (Å²) in [5.41, 5.74) is 0. The molecule has 0 aromatic rings.